The predicted octanol–water partition coefficient (Wildman–Crippen LogP) is 1.16. The smallest absolute Gasteiger partial charge is 0.141 e. The molecule has 2 nitrogen and oxygen atoms in total. The van der Waals surface area contributed by atoms with Crippen molar-refractivity contribution in [3.63, 3.8) is 0 Å². The molecule has 0 spiro atoms. The van der Waals surface area contributed by atoms with Gasteiger partial charge in [-0.2, -0.15) is 0 Å². The van der Waals surface area contributed by atoms with Gasteiger partial charge in [0, 0.05) is 11.6 Å². The molecule has 0 aliphatic carbocycles. The minimum absolute atomic E-state index is 0.00593. The summed E-state index contributed by atoms with van der Waals surface area (Å²) >= 11 is 0. The first-order chi connectivity index (χ1) is 5.65. The lowest BCUT2D eigenvalue weighted by molar-refractivity contribution is -0.109. The van der Waals surface area contributed by atoms with Crippen molar-refractivity contribution in [2.24, 2.45) is 5.73 Å². The van der Waals surface area contributed by atoms with E-state index in [-0.39, 0.29) is 5.56 Å². The molecule has 0 aliphatic heterocycles. The van der Waals surface area contributed by atoms with E-state index in [2.05, 4.69) is 0 Å². The zero-order chi connectivity index (χ0) is 9.14. The van der Waals surface area contributed by atoms with Gasteiger partial charge in [0.15, 0.2) is 0 Å². The number of benzene rings is 1. The van der Waals surface area contributed by atoms with Gasteiger partial charge in [-0.05, 0) is 6.07 Å². The Labute approximate surface area is 68.0 Å². The van der Waals surface area contributed by atoms with Crippen molar-refractivity contribution < 1.29 is 13.6 Å². The van der Waals surface area contributed by atoms with Crippen LogP contribution in [0.25, 0.3) is 0 Å². The Morgan fingerprint density at radius 1 is 1.42 bits per heavy atom. The molecule has 1 unspecified atom stereocenters. The molecule has 4 heteroatoms. The lowest BCUT2D eigenvalue weighted by Crippen LogP contribution is -2.13. The van der Waals surface area contributed by atoms with Crippen LogP contribution in [0.4, 0.5) is 8.78 Å². The molecule has 0 saturated carbocycles. The molecule has 0 aliphatic rings. The van der Waals surface area contributed by atoms with Gasteiger partial charge >= 0.3 is 0 Å². The zero-order valence-electron chi connectivity index (χ0n) is 6.13. The number of carbonyl (C=O) groups is 1. The third-order valence-corrected chi connectivity index (χ3v) is 1.47. The number of nitrogens with two attached hydrogens (primary N) is 1. The van der Waals surface area contributed by atoms with Gasteiger partial charge in [0.1, 0.15) is 17.9 Å². The summed E-state index contributed by atoms with van der Waals surface area (Å²) in [5.41, 5.74) is 5.22. The van der Waals surface area contributed by atoms with Crippen molar-refractivity contribution in [1.82, 2.24) is 0 Å². The number of hydrogen-bond donors (Lipinski definition) is 1. The fourth-order valence-corrected chi connectivity index (χ4v) is 0.845. The fourth-order valence-electron chi connectivity index (χ4n) is 0.845. The second kappa shape index (κ2) is 3.40. The van der Waals surface area contributed by atoms with Gasteiger partial charge in [-0.1, -0.05) is 6.07 Å². The lowest BCUT2D eigenvalue weighted by Gasteiger charge is -2.04. The van der Waals surface area contributed by atoms with Crippen LogP contribution in [-0.2, 0) is 4.79 Å². The number of halogens is 2. The molecule has 0 bridgehead atoms. The normalized spacial score (nSPS) is 12.6. The molecule has 0 aromatic heterocycles. The first kappa shape index (κ1) is 8.80. The standard InChI is InChI=1S/C8H7F2NO/c9-5-1-2-6(7(10)3-5)8(11)4-12/h1-4,8H,11H2. The van der Waals surface area contributed by atoms with Crippen molar-refractivity contribution >= 4 is 6.29 Å². The Balaban J connectivity index is 3.09. The fraction of sp³-hybridized carbons (Fsp3) is 0.125. The monoisotopic (exact) mass is 171 g/mol. The van der Waals surface area contributed by atoms with E-state index in [1.54, 1.807) is 0 Å². The maximum atomic E-state index is 12.8. The molecule has 1 aromatic carbocycles. The molecule has 1 rings (SSSR count). The quantitative estimate of drug-likeness (QED) is 0.678. The summed E-state index contributed by atoms with van der Waals surface area (Å²) in [7, 11) is 0. The maximum Gasteiger partial charge on any atom is 0.141 e. The zero-order valence-corrected chi connectivity index (χ0v) is 6.13. The van der Waals surface area contributed by atoms with Crippen molar-refractivity contribution in [3.05, 3.63) is 35.4 Å². The second-order valence-electron chi connectivity index (χ2n) is 2.33. The van der Waals surface area contributed by atoms with Gasteiger partial charge < -0.3 is 10.5 Å². The highest BCUT2D eigenvalue weighted by Crippen LogP contribution is 2.14. The van der Waals surface area contributed by atoms with Gasteiger partial charge in [-0.3, -0.25) is 0 Å². The summed E-state index contributed by atoms with van der Waals surface area (Å²) in [6, 6.07) is 1.88. The first-order valence-electron chi connectivity index (χ1n) is 3.31. The van der Waals surface area contributed by atoms with Crippen LogP contribution in [0, 0.1) is 11.6 Å². The van der Waals surface area contributed by atoms with Gasteiger partial charge in [-0.25, -0.2) is 8.78 Å². The van der Waals surface area contributed by atoms with Gasteiger partial charge in [-0.15, -0.1) is 0 Å². The summed E-state index contributed by atoms with van der Waals surface area (Å²) in [6.45, 7) is 0. The van der Waals surface area contributed by atoms with Crippen molar-refractivity contribution in [3.8, 4) is 0 Å². The molecular weight excluding hydrogens is 164 g/mol. The number of carbonyl (C=O) groups excluding carboxylic acids is 1. The average Bonchev–Trinajstić information content (AvgIpc) is 2.03. The van der Waals surface area contributed by atoms with Crippen LogP contribution in [0.3, 0.4) is 0 Å². The number of rotatable bonds is 2. The van der Waals surface area contributed by atoms with Gasteiger partial charge in [0.2, 0.25) is 0 Å². The highest BCUT2D eigenvalue weighted by Gasteiger charge is 2.10. The van der Waals surface area contributed by atoms with Gasteiger partial charge in [0.25, 0.3) is 0 Å². The Kier molecular flexibility index (Phi) is 2.50. The van der Waals surface area contributed by atoms with Crippen molar-refractivity contribution in [2.75, 3.05) is 0 Å². The summed E-state index contributed by atoms with van der Waals surface area (Å²) in [4.78, 5) is 10.2. The molecule has 0 fully saturated rings. The largest absolute Gasteiger partial charge is 0.318 e. The predicted molar refractivity (Wildman–Crippen MR) is 39.4 cm³/mol. The van der Waals surface area contributed by atoms with E-state index < -0.39 is 17.7 Å². The molecule has 0 radical (unpaired) electrons. The Hall–Kier alpha value is -1.29. The number of hydrogen-bond acceptors (Lipinski definition) is 2. The SMILES string of the molecule is NC(C=O)c1ccc(F)cc1F. The molecule has 1 atom stereocenters. The van der Waals surface area contributed by atoms with E-state index in [1.807, 2.05) is 0 Å². The minimum atomic E-state index is -1.02. The lowest BCUT2D eigenvalue weighted by atomic mass is 10.1. The summed E-state index contributed by atoms with van der Waals surface area (Å²) < 4.78 is 25.2. The van der Waals surface area contributed by atoms with Crippen LogP contribution in [0.1, 0.15) is 11.6 Å². The van der Waals surface area contributed by atoms with Gasteiger partial charge in [0.05, 0.1) is 6.04 Å². The molecular formula is C8H7F2NO. The second-order valence-corrected chi connectivity index (χ2v) is 2.33. The maximum absolute atomic E-state index is 12.8. The topological polar surface area (TPSA) is 43.1 Å². The van der Waals surface area contributed by atoms with Crippen LogP contribution in [0.2, 0.25) is 0 Å². The van der Waals surface area contributed by atoms with E-state index in [4.69, 9.17) is 5.73 Å². The highest BCUT2D eigenvalue weighted by molar-refractivity contribution is 5.61. The van der Waals surface area contributed by atoms with Crippen LogP contribution in [0.5, 0.6) is 0 Å². The van der Waals surface area contributed by atoms with Crippen molar-refractivity contribution in [1.29, 1.82) is 0 Å². The van der Waals surface area contributed by atoms with Crippen LogP contribution in [0.15, 0.2) is 18.2 Å². The van der Waals surface area contributed by atoms with E-state index >= 15 is 0 Å². The van der Waals surface area contributed by atoms with Crippen LogP contribution in [-0.4, -0.2) is 6.29 Å². The van der Waals surface area contributed by atoms with E-state index in [9.17, 15) is 13.6 Å². The molecule has 1 aromatic rings. The Morgan fingerprint density at radius 2 is 2.08 bits per heavy atom. The van der Waals surface area contributed by atoms with Crippen LogP contribution < -0.4 is 5.73 Å². The molecule has 0 amide bonds. The third-order valence-electron chi connectivity index (χ3n) is 1.47. The van der Waals surface area contributed by atoms with Crippen molar-refractivity contribution in [2.45, 2.75) is 6.04 Å². The Morgan fingerprint density at radius 3 is 2.58 bits per heavy atom. The molecule has 64 valence electrons. The first-order valence-corrected chi connectivity index (χ1v) is 3.31. The van der Waals surface area contributed by atoms with Crippen LogP contribution >= 0.6 is 0 Å². The summed E-state index contributed by atoms with van der Waals surface area (Å²) in [5, 5.41) is 0. The van der Waals surface area contributed by atoms with E-state index in [1.165, 1.54) is 0 Å². The third kappa shape index (κ3) is 1.65. The average molecular weight is 171 g/mol. The highest BCUT2D eigenvalue weighted by atomic mass is 19.1. The summed E-state index contributed by atoms with van der Waals surface area (Å²) in [6.07, 6.45) is 0.399. The molecule has 2 N–H and O–H groups in total. The molecule has 0 heterocycles. The molecule has 0 saturated heterocycles. The number of aldehydes is 1. The van der Waals surface area contributed by atoms with E-state index in [0.29, 0.717) is 12.4 Å². The summed E-state index contributed by atoms with van der Waals surface area (Å²) in [5.74, 6) is -1.48. The minimum Gasteiger partial charge on any atom is -0.318 e. The van der Waals surface area contributed by atoms with E-state index in [0.717, 1.165) is 12.1 Å². The Bertz CT molecular complexity index is 301. The molecule has 12 heavy (non-hydrogen) atoms.